The normalized spacial score (nSPS) is 13.8. The number of aromatic nitrogens is 3. The number of unbranched alkanes of at least 4 members (excludes halogenated alkanes) is 8. The molecule has 1 atom stereocenters. The number of aryl methyl sites for hydroxylation is 1. The SMILES string of the molecule is CCCCCCCCCCCC(=O)OCc1cn(C2CCc3cc(OC)c(OC)c(OC)c3-c3ccc(OC)c(=O)cc32)nn1. The van der Waals surface area contributed by atoms with Crippen LogP contribution in [0.2, 0.25) is 0 Å². The molecule has 0 bridgehead atoms. The molecule has 3 aromatic rings. The quantitative estimate of drug-likeness (QED) is 0.118. The van der Waals surface area contributed by atoms with Gasteiger partial charge in [-0.05, 0) is 54.2 Å². The monoisotopic (exact) mass is 621 g/mol. The molecule has 1 heterocycles. The molecule has 1 aliphatic carbocycles. The largest absolute Gasteiger partial charge is 0.493 e. The molecule has 10 heteroatoms. The zero-order valence-electron chi connectivity index (χ0n) is 27.4. The molecule has 0 saturated carbocycles. The molecule has 1 aliphatic rings. The van der Waals surface area contributed by atoms with Gasteiger partial charge in [0.05, 0.1) is 40.7 Å². The summed E-state index contributed by atoms with van der Waals surface area (Å²) in [6, 6.07) is 6.75. The average Bonchev–Trinajstić information content (AvgIpc) is 3.39. The minimum absolute atomic E-state index is 0.0431. The van der Waals surface area contributed by atoms with Gasteiger partial charge in [-0.25, -0.2) is 4.68 Å². The van der Waals surface area contributed by atoms with Gasteiger partial charge >= 0.3 is 5.97 Å². The lowest BCUT2D eigenvalue weighted by Crippen LogP contribution is -2.13. The Hall–Kier alpha value is -4.08. The first-order chi connectivity index (χ1) is 21.9. The van der Waals surface area contributed by atoms with E-state index in [2.05, 4.69) is 17.2 Å². The standard InChI is InChI=1S/C35H47N3O7/c1-6-7-8-9-10-11-12-13-14-15-32(40)45-23-25-22-38(37-36-25)28-18-16-24-20-31(42-3)34(43-4)35(44-5)33(24)26-17-19-30(41-2)29(39)21-27(26)28/h17,19-22,28H,6-16,18,23H2,1-5H3. The van der Waals surface area contributed by atoms with Crippen molar-refractivity contribution in [2.24, 2.45) is 0 Å². The third-order valence-corrected chi connectivity index (χ3v) is 8.43. The summed E-state index contributed by atoms with van der Waals surface area (Å²) in [6.07, 6.45) is 14.2. The van der Waals surface area contributed by atoms with Crippen molar-refractivity contribution < 1.29 is 28.5 Å². The van der Waals surface area contributed by atoms with Gasteiger partial charge in [-0.15, -0.1) is 5.10 Å². The lowest BCUT2D eigenvalue weighted by Gasteiger charge is -2.19. The minimum atomic E-state index is -0.335. The second-order valence-electron chi connectivity index (χ2n) is 11.4. The molecule has 0 aliphatic heterocycles. The molecule has 10 nitrogen and oxygen atoms in total. The van der Waals surface area contributed by atoms with E-state index in [1.807, 2.05) is 12.1 Å². The van der Waals surface area contributed by atoms with Crippen molar-refractivity contribution in [3.63, 3.8) is 0 Å². The van der Waals surface area contributed by atoms with Crippen molar-refractivity contribution in [3.05, 3.63) is 57.5 Å². The van der Waals surface area contributed by atoms with Crippen molar-refractivity contribution in [1.29, 1.82) is 0 Å². The Labute approximate surface area is 266 Å². The van der Waals surface area contributed by atoms with Crippen LogP contribution < -0.4 is 24.4 Å². The van der Waals surface area contributed by atoms with E-state index in [0.29, 0.717) is 42.2 Å². The van der Waals surface area contributed by atoms with Crippen LogP contribution in [-0.4, -0.2) is 49.4 Å². The molecule has 0 fully saturated rings. The van der Waals surface area contributed by atoms with E-state index in [1.54, 1.807) is 44.3 Å². The summed E-state index contributed by atoms with van der Waals surface area (Å²) in [5.41, 5.74) is 3.62. The molecule has 45 heavy (non-hydrogen) atoms. The van der Waals surface area contributed by atoms with E-state index in [-0.39, 0.29) is 29.8 Å². The Balaban J connectivity index is 1.50. The van der Waals surface area contributed by atoms with Crippen LogP contribution in [0.3, 0.4) is 0 Å². The lowest BCUT2D eigenvalue weighted by atomic mass is 9.95. The maximum absolute atomic E-state index is 13.2. The molecule has 0 spiro atoms. The van der Waals surface area contributed by atoms with Crippen LogP contribution in [0, 0.1) is 0 Å². The highest BCUT2D eigenvalue weighted by molar-refractivity contribution is 5.82. The van der Waals surface area contributed by atoms with Gasteiger partial charge in [-0.2, -0.15) is 0 Å². The van der Waals surface area contributed by atoms with Gasteiger partial charge in [0.25, 0.3) is 0 Å². The van der Waals surface area contributed by atoms with Crippen LogP contribution in [0.25, 0.3) is 11.1 Å². The molecule has 1 unspecified atom stereocenters. The van der Waals surface area contributed by atoms with Crippen LogP contribution >= 0.6 is 0 Å². The summed E-state index contributed by atoms with van der Waals surface area (Å²) in [5.74, 6) is 1.54. The molecule has 0 saturated heterocycles. The van der Waals surface area contributed by atoms with Gasteiger partial charge in [0.15, 0.2) is 17.2 Å². The van der Waals surface area contributed by atoms with Gasteiger partial charge in [0.2, 0.25) is 11.2 Å². The van der Waals surface area contributed by atoms with Crippen molar-refractivity contribution in [1.82, 2.24) is 15.0 Å². The van der Waals surface area contributed by atoms with E-state index in [4.69, 9.17) is 23.7 Å². The average molecular weight is 622 g/mol. The Bertz CT molecular complexity index is 1490. The fourth-order valence-electron chi connectivity index (χ4n) is 6.06. The van der Waals surface area contributed by atoms with E-state index in [1.165, 1.54) is 45.6 Å². The number of carbonyl (C=O) groups is 1. The highest BCUT2D eigenvalue weighted by Crippen LogP contribution is 2.50. The van der Waals surface area contributed by atoms with Crippen LogP contribution in [0.4, 0.5) is 0 Å². The highest BCUT2D eigenvalue weighted by atomic mass is 16.5. The number of esters is 1. The summed E-state index contributed by atoms with van der Waals surface area (Å²) in [5, 5.41) is 8.70. The number of nitrogens with zero attached hydrogens (tertiary/aromatic N) is 3. The molecule has 0 radical (unpaired) electrons. The van der Waals surface area contributed by atoms with Gasteiger partial charge in [0.1, 0.15) is 12.3 Å². The third kappa shape index (κ3) is 8.35. The maximum Gasteiger partial charge on any atom is 0.306 e. The molecular weight excluding hydrogens is 574 g/mol. The molecule has 2 aromatic carbocycles. The lowest BCUT2D eigenvalue weighted by molar-refractivity contribution is -0.145. The molecule has 4 rings (SSSR count). The van der Waals surface area contributed by atoms with Crippen LogP contribution in [-0.2, 0) is 22.6 Å². The predicted octanol–water partition coefficient (Wildman–Crippen LogP) is 6.84. The zero-order chi connectivity index (χ0) is 32.2. The number of hydrogen-bond acceptors (Lipinski definition) is 9. The second-order valence-corrected chi connectivity index (χ2v) is 11.4. The van der Waals surface area contributed by atoms with E-state index >= 15 is 0 Å². The number of fused-ring (bicyclic) bond motifs is 3. The van der Waals surface area contributed by atoms with E-state index < -0.39 is 0 Å². The topological polar surface area (TPSA) is 111 Å². The summed E-state index contributed by atoms with van der Waals surface area (Å²) in [6.45, 7) is 2.27. The fourth-order valence-corrected chi connectivity index (χ4v) is 6.06. The fraction of sp³-hybridized carbons (Fsp3) is 0.543. The molecule has 0 amide bonds. The predicted molar refractivity (Wildman–Crippen MR) is 172 cm³/mol. The van der Waals surface area contributed by atoms with Crippen LogP contribution in [0.15, 0.2) is 35.3 Å². The summed E-state index contributed by atoms with van der Waals surface area (Å²) in [7, 11) is 6.22. The first kappa shape index (κ1) is 33.8. The Morgan fingerprint density at radius 2 is 1.56 bits per heavy atom. The second kappa shape index (κ2) is 16.8. The van der Waals surface area contributed by atoms with Crippen LogP contribution in [0.5, 0.6) is 23.0 Å². The van der Waals surface area contributed by atoms with E-state index in [9.17, 15) is 9.59 Å². The number of carbonyl (C=O) groups excluding carboxylic acids is 1. The Morgan fingerprint density at radius 1 is 0.867 bits per heavy atom. The van der Waals surface area contributed by atoms with E-state index in [0.717, 1.165) is 41.5 Å². The molecule has 244 valence electrons. The number of hydrogen-bond donors (Lipinski definition) is 0. The molecule has 1 aromatic heterocycles. The number of benzene rings is 1. The maximum atomic E-state index is 13.2. The summed E-state index contributed by atoms with van der Waals surface area (Å²) in [4.78, 5) is 25.6. The summed E-state index contributed by atoms with van der Waals surface area (Å²) >= 11 is 0. The first-order valence-corrected chi connectivity index (χ1v) is 16.1. The van der Waals surface area contributed by atoms with Gasteiger partial charge < -0.3 is 23.7 Å². The van der Waals surface area contributed by atoms with Crippen molar-refractivity contribution in [3.8, 4) is 34.1 Å². The zero-order valence-corrected chi connectivity index (χ0v) is 27.4. The highest BCUT2D eigenvalue weighted by Gasteiger charge is 2.30. The van der Waals surface area contributed by atoms with Crippen molar-refractivity contribution in [2.75, 3.05) is 28.4 Å². The first-order valence-electron chi connectivity index (χ1n) is 16.1. The van der Waals surface area contributed by atoms with Crippen LogP contribution in [0.1, 0.15) is 100 Å². The number of methoxy groups -OCH3 is 4. The number of rotatable bonds is 17. The van der Waals surface area contributed by atoms with Gasteiger partial charge in [-0.3, -0.25) is 9.59 Å². The molecular formula is C35H47N3O7. The third-order valence-electron chi connectivity index (χ3n) is 8.43. The molecule has 0 N–H and O–H groups in total. The Morgan fingerprint density at radius 3 is 2.22 bits per heavy atom. The van der Waals surface area contributed by atoms with Crippen molar-refractivity contribution in [2.45, 2.75) is 96.6 Å². The smallest absolute Gasteiger partial charge is 0.306 e. The van der Waals surface area contributed by atoms with Gasteiger partial charge in [-0.1, -0.05) is 69.6 Å². The minimum Gasteiger partial charge on any atom is -0.493 e. The number of ether oxygens (including phenoxy) is 5. The van der Waals surface area contributed by atoms with Gasteiger partial charge in [0, 0.05) is 12.0 Å². The summed E-state index contributed by atoms with van der Waals surface area (Å²) < 4.78 is 29.8. The van der Waals surface area contributed by atoms with Crippen molar-refractivity contribution >= 4 is 5.97 Å². The Kier molecular flexibility index (Phi) is 12.7.